The van der Waals surface area contributed by atoms with Crippen LogP contribution in [0.15, 0.2) is 42.7 Å². The molecule has 1 aromatic carbocycles. The number of pyridine rings is 1. The minimum Gasteiger partial charge on any atom is -0.492 e. The fourth-order valence-corrected chi connectivity index (χ4v) is 1.58. The number of para-hydroxylation sites is 1. The molecule has 19 heavy (non-hydrogen) atoms. The maximum absolute atomic E-state index is 12.9. The molecule has 0 aliphatic carbocycles. The molecule has 0 atom stereocenters. The van der Waals surface area contributed by atoms with Crippen molar-refractivity contribution in [3.63, 3.8) is 0 Å². The van der Waals surface area contributed by atoms with Crippen molar-refractivity contribution in [1.29, 1.82) is 0 Å². The predicted octanol–water partition coefficient (Wildman–Crippen LogP) is 2.85. The Bertz CT molecular complexity index is 574. The normalized spacial score (nSPS) is 11.4. The first-order valence-electron chi connectivity index (χ1n) is 5.48. The average molecular weight is 270 g/mol. The summed E-state index contributed by atoms with van der Waals surface area (Å²) < 4.78 is 56.2. The molecule has 0 saturated carbocycles. The molecule has 0 aliphatic rings. The third kappa shape index (κ3) is 3.46. The molecule has 7 heteroatoms. The number of halogens is 4. The van der Waals surface area contributed by atoms with Crippen molar-refractivity contribution >= 4 is 12.4 Å². The second kappa shape index (κ2) is 5.30. The molecule has 0 amide bonds. The summed E-state index contributed by atoms with van der Waals surface area (Å²) in [6, 6.07) is 6.09. The van der Waals surface area contributed by atoms with Gasteiger partial charge in [-0.3, -0.25) is 4.98 Å². The van der Waals surface area contributed by atoms with Crippen LogP contribution in [0, 0.1) is 5.82 Å². The SMILES string of the molecule is Fc1cncc(COc2ccccc2[B-](F)(F)F)c1. The maximum Gasteiger partial charge on any atom is 0.513 e. The average Bonchev–Trinajstić information content (AvgIpc) is 2.36. The molecular formula is C12H9BF4NO-. The van der Waals surface area contributed by atoms with E-state index < -0.39 is 18.3 Å². The van der Waals surface area contributed by atoms with E-state index in [4.69, 9.17) is 4.74 Å². The highest BCUT2D eigenvalue weighted by Crippen LogP contribution is 2.18. The third-order valence-corrected chi connectivity index (χ3v) is 2.43. The minimum absolute atomic E-state index is 0.173. The lowest BCUT2D eigenvalue weighted by Gasteiger charge is -2.19. The summed E-state index contributed by atoms with van der Waals surface area (Å²) in [4.78, 5) is 3.59. The standard InChI is InChI=1S/C12H9BF4NO/c14-10-5-9(6-18-7-10)8-19-12-4-2-1-3-11(12)13(15,16)17/h1-7H,8H2/q-1. The molecule has 0 bridgehead atoms. The third-order valence-electron chi connectivity index (χ3n) is 2.43. The van der Waals surface area contributed by atoms with Gasteiger partial charge in [-0.2, -0.15) is 0 Å². The van der Waals surface area contributed by atoms with Crippen LogP contribution in [-0.4, -0.2) is 12.0 Å². The van der Waals surface area contributed by atoms with E-state index in [1.165, 1.54) is 24.4 Å². The molecule has 0 N–H and O–H groups in total. The van der Waals surface area contributed by atoms with E-state index in [0.29, 0.717) is 5.56 Å². The van der Waals surface area contributed by atoms with Crippen molar-refractivity contribution in [3.8, 4) is 5.75 Å². The maximum atomic E-state index is 12.9. The quantitative estimate of drug-likeness (QED) is 0.629. The summed E-state index contributed by atoms with van der Waals surface area (Å²) in [6.07, 6.45) is 2.35. The first-order valence-corrected chi connectivity index (χ1v) is 5.48. The van der Waals surface area contributed by atoms with E-state index in [1.54, 1.807) is 0 Å². The molecule has 0 saturated heterocycles. The van der Waals surface area contributed by atoms with Gasteiger partial charge in [0.25, 0.3) is 0 Å². The summed E-state index contributed by atoms with van der Waals surface area (Å²) in [7, 11) is 0. The van der Waals surface area contributed by atoms with E-state index >= 15 is 0 Å². The Hall–Kier alpha value is -2.05. The molecule has 0 radical (unpaired) electrons. The Morgan fingerprint density at radius 1 is 1.11 bits per heavy atom. The van der Waals surface area contributed by atoms with E-state index in [-0.39, 0.29) is 12.4 Å². The molecule has 0 fully saturated rings. The van der Waals surface area contributed by atoms with Crippen molar-refractivity contribution < 1.29 is 22.1 Å². The summed E-state index contributed by atoms with van der Waals surface area (Å²) in [6.45, 7) is -5.32. The lowest BCUT2D eigenvalue weighted by Crippen LogP contribution is -2.35. The van der Waals surface area contributed by atoms with E-state index in [9.17, 15) is 17.3 Å². The van der Waals surface area contributed by atoms with Crippen molar-refractivity contribution in [3.05, 3.63) is 54.1 Å². The van der Waals surface area contributed by atoms with Gasteiger partial charge in [0.1, 0.15) is 12.4 Å². The zero-order chi connectivity index (χ0) is 13.9. The second-order valence-corrected chi connectivity index (χ2v) is 3.91. The number of benzene rings is 1. The summed E-state index contributed by atoms with van der Waals surface area (Å²) in [5.41, 5.74) is -0.434. The number of aromatic nitrogens is 1. The van der Waals surface area contributed by atoms with Crippen molar-refractivity contribution in [2.75, 3.05) is 0 Å². The largest absolute Gasteiger partial charge is 0.513 e. The van der Waals surface area contributed by atoms with Crippen LogP contribution in [0.1, 0.15) is 5.56 Å². The van der Waals surface area contributed by atoms with Gasteiger partial charge in [-0.05, 0) is 12.1 Å². The molecule has 2 aromatic rings. The van der Waals surface area contributed by atoms with Crippen LogP contribution in [0.2, 0.25) is 0 Å². The van der Waals surface area contributed by atoms with Gasteiger partial charge < -0.3 is 17.7 Å². The van der Waals surface area contributed by atoms with Gasteiger partial charge in [-0.15, -0.1) is 0 Å². The van der Waals surface area contributed by atoms with Crippen LogP contribution in [0.4, 0.5) is 17.3 Å². The zero-order valence-corrected chi connectivity index (χ0v) is 9.69. The lowest BCUT2D eigenvalue weighted by molar-refractivity contribution is 0.305. The van der Waals surface area contributed by atoms with Crippen molar-refractivity contribution in [1.82, 2.24) is 4.98 Å². The van der Waals surface area contributed by atoms with Gasteiger partial charge in [0.15, 0.2) is 0 Å². The number of rotatable bonds is 4. The number of hydrogen-bond donors (Lipinski definition) is 0. The van der Waals surface area contributed by atoms with Gasteiger partial charge in [-0.1, -0.05) is 23.7 Å². The van der Waals surface area contributed by atoms with Gasteiger partial charge in [0.2, 0.25) is 0 Å². The number of nitrogens with zero attached hydrogens (tertiary/aromatic N) is 1. The highest BCUT2D eigenvalue weighted by Gasteiger charge is 2.28. The monoisotopic (exact) mass is 270 g/mol. The molecule has 100 valence electrons. The topological polar surface area (TPSA) is 22.1 Å². The Morgan fingerprint density at radius 3 is 2.53 bits per heavy atom. The van der Waals surface area contributed by atoms with Crippen LogP contribution < -0.4 is 10.2 Å². The van der Waals surface area contributed by atoms with Gasteiger partial charge >= 0.3 is 6.98 Å². The fraction of sp³-hybridized carbons (Fsp3) is 0.0833. The van der Waals surface area contributed by atoms with Crippen LogP contribution in [0.25, 0.3) is 0 Å². The second-order valence-electron chi connectivity index (χ2n) is 3.91. The summed E-state index contributed by atoms with van der Waals surface area (Å²) in [5, 5.41) is 0. The van der Waals surface area contributed by atoms with Crippen LogP contribution in [0.3, 0.4) is 0 Å². The molecule has 2 rings (SSSR count). The lowest BCUT2D eigenvalue weighted by atomic mass is 9.79. The first kappa shape index (κ1) is 13.4. The Kier molecular flexibility index (Phi) is 3.73. The highest BCUT2D eigenvalue weighted by atomic mass is 19.4. The Balaban J connectivity index is 2.16. The van der Waals surface area contributed by atoms with Gasteiger partial charge in [-0.25, -0.2) is 4.39 Å². The molecule has 2 nitrogen and oxygen atoms in total. The highest BCUT2D eigenvalue weighted by molar-refractivity contribution is 6.74. The molecule has 1 heterocycles. The Labute approximate surface area is 107 Å². The molecule has 0 aliphatic heterocycles. The van der Waals surface area contributed by atoms with Crippen LogP contribution in [-0.2, 0) is 6.61 Å². The molecule has 0 unspecified atom stereocenters. The fourth-order valence-electron chi connectivity index (χ4n) is 1.58. The Morgan fingerprint density at radius 2 is 1.84 bits per heavy atom. The first-order chi connectivity index (χ1) is 8.97. The molecular weight excluding hydrogens is 261 g/mol. The molecule has 1 aromatic heterocycles. The van der Waals surface area contributed by atoms with Crippen molar-refractivity contribution in [2.24, 2.45) is 0 Å². The summed E-state index contributed by atoms with van der Waals surface area (Å²) in [5.74, 6) is -0.825. The predicted molar refractivity (Wildman–Crippen MR) is 63.7 cm³/mol. The van der Waals surface area contributed by atoms with Gasteiger partial charge in [0.05, 0.1) is 11.9 Å². The van der Waals surface area contributed by atoms with E-state index in [0.717, 1.165) is 18.3 Å². The van der Waals surface area contributed by atoms with Crippen LogP contribution >= 0.6 is 0 Å². The van der Waals surface area contributed by atoms with Crippen molar-refractivity contribution in [2.45, 2.75) is 6.61 Å². The van der Waals surface area contributed by atoms with Crippen LogP contribution in [0.5, 0.6) is 5.75 Å². The summed E-state index contributed by atoms with van der Waals surface area (Å²) >= 11 is 0. The minimum atomic E-state index is -5.14. The number of hydrogen-bond acceptors (Lipinski definition) is 2. The molecule has 0 spiro atoms. The van der Waals surface area contributed by atoms with E-state index in [2.05, 4.69) is 4.98 Å². The zero-order valence-electron chi connectivity index (χ0n) is 9.69. The number of ether oxygens (including phenoxy) is 1. The van der Waals surface area contributed by atoms with E-state index in [1.807, 2.05) is 0 Å². The smallest absolute Gasteiger partial charge is 0.492 e. The van der Waals surface area contributed by atoms with Gasteiger partial charge in [0, 0.05) is 11.8 Å².